The van der Waals surface area contributed by atoms with Gasteiger partial charge in [0.15, 0.2) is 0 Å². The lowest BCUT2D eigenvalue weighted by Crippen LogP contribution is -2.22. The molecule has 1 saturated heterocycles. The minimum atomic E-state index is -1.12. The summed E-state index contributed by atoms with van der Waals surface area (Å²) in [6, 6.07) is 10.5. The summed E-state index contributed by atoms with van der Waals surface area (Å²) in [4.78, 5) is 0. The number of benzene rings is 2. The monoisotopic (exact) mass is 394 g/mol. The number of aromatic nitrogens is 3. The third-order valence-electron chi connectivity index (χ3n) is 4.41. The lowest BCUT2D eigenvalue weighted by molar-refractivity contribution is 0.255. The van der Waals surface area contributed by atoms with E-state index in [4.69, 9.17) is 34.4 Å². The second-order valence-electron chi connectivity index (χ2n) is 6.01. The summed E-state index contributed by atoms with van der Waals surface area (Å²) in [5.41, 5.74) is -0.205. The molecule has 1 aliphatic rings. The third-order valence-corrected chi connectivity index (χ3v) is 5.18. The molecule has 1 fully saturated rings. The number of epoxide rings is 1. The van der Waals surface area contributed by atoms with E-state index in [1.54, 1.807) is 18.2 Å². The van der Waals surface area contributed by atoms with Crippen LogP contribution in [0, 0.1) is 16.4 Å². The van der Waals surface area contributed by atoms with Crippen molar-refractivity contribution in [3.8, 4) is 0 Å². The molecule has 0 aliphatic carbocycles. The van der Waals surface area contributed by atoms with Gasteiger partial charge in [-0.05, 0) is 24.4 Å². The summed E-state index contributed by atoms with van der Waals surface area (Å²) in [6.45, 7) is 0.106. The van der Waals surface area contributed by atoms with Crippen molar-refractivity contribution in [3.05, 3.63) is 81.3 Å². The lowest BCUT2D eigenvalue weighted by Gasteiger charge is -2.15. The fraction of sp³-hybridized carbons (Fsp3) is 0.176. The van der Waals surface area contributed by atoms with E-state index in [1.165, 1.54) is 27.8 Å². The topological polar surface area (TPSA) is 61.3 Å². The van der Waals surface area contributed by atoms with Crippen molar-refractivity contribution >= 4 is 23.8 Å². The van der Waals surface area contributed by atoms with E-state index in [0.717, 1.165) is 6.07 Å². The molecule has 9 heteroatoms. The Morgan fingerprint density at radius 2 is 2.04 bits per heavy atom. The zero-order valence-corrected chi connectivity index (χ0v) is 14.8. The number of hydrogen-bond donors (Lipinski definition) is 1. The molecule has 2 heterocycles. The van der Waals surface area contributed by atoms with Crippen molar-refractivity contribution in [1.29, 1.82) is 0 Å². The van der Waals surface area contributed by atoms with Crippen LogP contribution in [0.25, 0.3) is 0 Å². The first-order chi connectivity index (χ1) is 12.4. The Kier molecular flexibility index (Phi) is 4.06. The highest BCUT2D eigenvalue weighted by Gasteiger charge is 2.61. The predicted molar refractivity (Wildman–Crippen MR) is 94.5 cm³/mol. The molecule has 0 saturated carbocycles. The van der Waals surface area contributed by atoms with Crippen molar-refractivity contribution < 1.29 is 13.5 Å². The van der Waals surface area contributed by atoms with Gasteiger partial charge in [-0.2, -0.15) is 5.10 Å². The van der Waals surface area contributed by atoms with Gasteiger partial charge in [-0.25, -0.2) is 18.1 Å². The van der Waals surface area contributed by atoms with Gasteiger partial charge in [-0.3, -0.25) is 0 Å². The maximum absolute atomic E-state index is 14.5. The molecule has 5 nitrogen and oxygen atoms in total. The van der Waals surface area contributed by atoms with Crippen LogP contribution in [0.15, 0.2) is 48.8 Å². The molecule has 3 aromatic rings. The lowest BCUT2D eigenvalue weighted by atomic mass is 9.91. The average molecular weight is 395 g/mol. The van der Waals surface area contributed by atoms with Gasteiger partial charge < -0.3 is 10.6 Å². The average Bonchev–Trinajstić information content (AvgIpc) is 3.23. The Morgan fingerprint density at radius 1 is 1.27 bits per heavy atom. The second-order valence-corrected chi connectivity index (χ2v) is 6.78. The van der Waals surface area contributed by atoms with Gasteiger partial charge in [-0.1, -0.05) is 35.9 Å². The summed E-state index contributed by atoms with van der Waals surface area (Å²) in [5.74, 6) is 4.30. The quantitative estimate of drug-likeness (QED) is 0.416. The molecule has 2 unspecified atom stereocenters. The van der Waals surface area contributed by atoms with Gasteiger partial charge in [0.1, 0.15) is 29.7 Å². The van der Waals surface area contributed by atoms with Gasteiger partial charge in [0, 0.05) is 22.2 Å². The summed E-state index contributed by atoms with van der Waals surface area (Å²) in [6.07, 6.45) is 0.824. The fourth-order valence-electron chi connectivity index (χ4n) is 3.10. The van der Waals surface area contributed by atoms with Crippen LogP contribution in [0.3, 0.4) is 0 Å². The van der Waals surface area contributed by atoms with Crippen molar-refractivity contribution in [2.75, 3.05) is 5.84 Å². The van der Waals surface area contributed by atoms with Gasteiger partial charge in [-0.15, -0.1) is 0 Å². The molecule has 1 aromatic heterocycles. The normalized spacial score (nSPS) is 21.7. The van der Waals surface area contributed by atoms with Crippen LogP contribution < -0.4 is 5.84 Å². The van der Waals surface area contributed by atoms with E-state index < -0.39 is 23.3 Å². The van der Waals surface area contributed by atoms with Crippen molar-refractivity contribution in [1.82, 2.24) is 14.5 Å². The van der Waals surface area contributed by atoms with E-state index in [2.05, 4.69) is 5.10 Å². The number of ether oxygens (including phenoxy) is 1. The molecule has 0 spiro atoms. The summed E-state index contributed by atoms with van der Waals surface area (Å²) >= 11 is 11.5. The molecule has 134 valence electrons. The van der Waals surface area contributed by atoms with E-state index in [9.17, 15) is 8.78 Å². The highest BCUT2D eigenvalue weighted by Crippen LogP contribution is 2.59. The first kappa shape index (κ1) is 17.1. The van der Waals surface area contributed by atoms with Crippen LogP contribution in [0.2, 0.25) is 5.02 Å². The summed E-state index contributed by atoms with van der Waals surface area (Å²) < 4.78 is 36.7. The molecular weight excluding hydrogens is 382 g/mol. The Labute approximate surface area is 157 Å². The number of nitrogens with two attached hydrogens (primary N) is 1. The van der Waals surface area contributed by atoms with Crippen molar-refractivity contribution in [2.45, 2.75) is 18.2 Å². The van der Waals surface area contributed by atoms with Crippen LogP contribution in [0.4, 0.5) is 8.78 Å². The number of nitrogen functional groups attached to an aromatic ring is 1. The molecule has 4 rings (SSSR count). The third kappa shape index (κ3) is 2.70. The molecule has 2 atom stereocenters. The largest absolute Gasteiger partial charge is 0.354 e. The number of nitrogens with zero attached hydrogens (tertiary/aromatic N) is 3. The van der Waals surface area contributed by atoms with E-state index in [0.29, 0.717) is 10.6 Å². The smallest absolute Gasteiger partial charge is 0.216 e. The minimum Gasteiger partial charge on any atom is -0.354 e. The highest BCUT2D eigenvalue weighted by atomic mass is 35.5. The maximum Gasteiger partial charge on any atom is 0.216 e. The SMILES string of the molecule is Nn1cnn(CC2(c3ccc(F)cc3F)OC2c2ccccc2Cl)c1=S. The predicted octanol–water partition coefficient (Wildman–Crippen LogP) is 3.73. The minimum absolute atomic E-state index is 0.106. The first-order valence-electron chi connectivity index (χ1n) is 7.70. The van der Waals surface area contributed by atoms with Gasteiger partial charge in [0.2, 0.25) is 4.77 Å². The second kappa shape index (κ2) is 6.15. The first-order valence-corrected chi connectivity index (χ1v) is 8.48. The van der Waals surface area contributed by atoms with Crippen molar-refractivity contribution in [2.24, 2.45) is 0 Å². The molecule has 0 bridgehead atoms. The number of hydrogen-bond acceptors (Lipinski definition) is 4. The molecule has 2 aromatic carbocycles. The number of halogens is 3. The molecular formula is C17H13ClF2N4OS. The van der Waals surface area contributed by atoms with E-state index in [-0.39, 0.29) is 16.9 Å². The van der Waals surface area contributed by atoms with Crippen LogP contribution in [-0.4, -0.2) is 14.5 Å². The van der Waals surface area contributed by atoms with E-state index in [1.807, 2.05) is 6.07 Å². The van der Waals surface area contributed by atoms with Gasteiger partial charge in [0.05, 0.1) is 6.54 Å². The Hall–Kier alpha value is -2.29. The van der Waals surface area contributed by atoms with Crippen LogP contribution in [0.5, 0.6) is 0 Å². The standard InChI is InChI=1S/C17H13ClF2N4OS/c18-13-4-2-1-3-11(13)15-17(25-15,8-24-16(26)23(21)9-22-24)12-6-5-10(19)7-14(12)20/h1-7,9,15H,8,21H2. The van der Waals surface area contributed by atoms with Crippen LogP contribution in [0.1, 0.15) is 17.2 Å². The number of rotatable bonds is 4. The Morgan fingerprint density at radius 3 is 2.69 bits per heavy atom. The summed E-state index contributed by atoms with van der Waals surface area (Å²) in [7, 11) is 0. The Bertz CT molecular complexity index is 1050. The zero-order chi connectivity index (χ0) is 18.5. The molecule has 1 aliphatic heterocycles. The van der Waals surface area contributed by atoms with Gasteiger partial charge in [0.25, 0.3) is 0 Å². The van der Waals surface area contributed by atoms with Crippen molar-refractivity contribution in [3.63, 3.8) is 0 Å². The molecule has 0 radical (unpaired) electrons. The van der Waals surface area contributed by atoms with Crippen LogP contribution >= 0.6 is 23.8 Å². The molecule has 2 N–H and O–H groups in total. The summed E-state index contributed by atoms with van der Waals surface area (Å²) in [5, 5.41) is 4.60. The Balaban J connectivity index is 1.82. The van der Waals surface area contributed by atoms with Gasteiger partial charge >= 0.3 is 0 Å². The maximum atomic E-state index is 14.5. The van der Waals surface area contributed by atoms with E-state index >= 15 is 0 Å². The molecule has 26 heavy (non-hydrogen) atoms. The fourth-order valence-corrected chi connectivity index (χ4v) is 3.50. The van der Waals surface area contributed by atoms with Crippen LogP contribution in [-0.2, 0) is 16.9 Å². The molecule has 0 amide bonds. The zero-order valence-electron chi connectivity index (χ0n) is 13.3. The highest BCUT2D eigenvalue weighted by molar-refractivity contribution is 7.71.